The molecule has 1 heterocycles. The quantitative estimate of drug-likeness (QED) is 0.663. The average Bonchev–Trinajstić information content (AvgIpc) is 1.80. The van der Waals surface area contributed by atoms with Crippen LogP contribution in [0.5, 0.6) is 0 Å². The van der Waals surface area contributed by atoms with Gasteiger partial charge in [-0.1, -0.05) is 0 Å². The minimum atomic E-state index is -0.131. The highest BCUT2D eigenvalue weighted by molar-refractivity contribution is 4.90. The molecule has 1 rings (SSSR count). The monoisotopic (exact) mass is 186 g/mol. The van der Waals surface area contributed by atoms with Crippen LogP contribution >= 0.6 is 0 Å². The summed E-state index contributed by atoms with van der Waals surface area (Å²) in [6.07, 6.45) is 0. The number of likely N-dealkylation sites (tertiary alicyclic amines) is 1. The van der Waals surface area contributed by atoms with Crippen molar-refractivity contribution in [1.82, 2.24) is 9.96 Å². The van der Waals surface area contributed by atoms with E-state index in [4.69, 9.17) is 0 Å². The summed E-state index contributed by atoms with van der Waals surface area (Å²) in [5.41, 5.74) is -0.131. The molecule has 13 heavy (non-hydrogen) atoms. The summed E-state index contributed by atoms with van der Waals surface area (Å²) in [6, 6.07) is 0.923. The van der Waals surface area contributed by atoms with E-state index >= 15 is 0 Å². The second kappa shape index (κ2) is 3.56. The Labute approximate surface area is 81.3 Å². The number of hydroxylamine groups is 2. The van der Waals surface area contributed by atoms with Crippen LogP contribution in [0.2, 0.25) is 0 Å². The molecule has 0 unspecified atom stereocenters. The summed E-state index contributed by atoms with van der Waals surface area (Å²) in [5.74, 6) is 0. The average molecular weight is 186 g/mol. The van der Waals surface area contributed by atoms with Crippen LogP contribution in [-0.4, -0.2) is 45.9 Å². The summed E-state index contributed by atoms with van der Waals surface area (Å²) in [5, 5.41) is 11.3. The Morgan fingerprint density at radius 2 is 1.77 bits per heavy atom. The van der Waals surface area contributed by atoms with Crippen molar-refractivity contribution in [1.29, 1.82) is 0 Å². The van der Waals surface area contributed by atoms with Crippen molar-refractivity contribution in [2.24, 2.45) is 0 Å². The van der Waals surface area contributed by atoms with Crippen LogP contribution in [0.25, 0.3) is 0 Å². The molecule has 78 valence electrons. The number of rotatable bonds is 2. The molecule has 1 aliphatic rings. The molecule has 3 heteroatoms. The first kappa shape index (κ1) is 11.0. The highest BCUT2D eigenvalue weighted by Crippen LogP contribution is 2.22. The van der Waals surface area contributed by atoms with Crippen LogP contribution in [0.4, 0.5) is 0 Å². The summed E-state index contributed by atoms with van der Waals surface area (Å²) < 4.78 is 0. The smallest absolute Gasteiger partial charge is 0.0610 e. The number of hydrogen-bond donors (Lipinski definition) is 1. The van der Waals surface area contributed by atoms with Gasteiger partial charge in [0.25, 0.3) is 0 Å². The lowest BCUT2D eigenvalue weighted by atomic mass is 10.0. The fraction of sp³-hybridized carbons (Fsp3) is 1.00. The van der Waals surface area contributed by atoms with Crippen molar-refractivity contribution in [3.05, 3.63) is 0 Å². The van der Waals surface area contributed by atoms with E-state index in [1.165, 1.54) is 5.06 Å². The fourth-order valence-corrected chi connectivity index (χ4v) is 1.61. The molecule has 1 N–H and O–H groups in total. The molecule has 0 aromatic rings. The predicted octanol–water partition coefficient (Wildman–Crippen LogP) is 1.57. The SMILES string of the molecule is CC(C)N1CC(N(O)C(C)(C)C)C1. The largest absolute Gasteiger partial charge is 0.313 e. The third kappa shape index (κ3) is 2.42. The first-order chi connectivity index (χ1) is 5.82. The van der Waals surface area contributed by atoms with Gasteiger partial charge in [0, 0.05) is 24.7 Å². The van der Waals surface area contributed by atoms with Gasteiger partial charge in [-0.2, -0.15) is 5.06 Å². The highest BCUT2D eigenvalue weighted by Gasteiger charge is 2.37. The normalized spacial score (nSPS) is 21.2. The Hall–Kier alpha value is -0.120. The van der Waals surface area contributed by atoms with Gasteiger partial charge in [0.05, 0.1) is 6.04 Å². The molecule has 0 aromatic heterocycles. The molecule has 1 fully saturated rings. The maximum atomic E-state index is 9.81. The van der Waals surface area contributed by atoms with Gasteiger partial charge in [-0.05, 0) is 34.6 Å². The molecule has 0 amide bonds. The Morgan fingerprint density at radius 3 is 2.08 bits per heavy atom. The highest BCUT2D eigenvalue weighted by atomic mass is 16.5. The fourth-order valence-electron chi connectivity index (χ4n) is 1.61. The van der Waals surface area contributed by atoms with E-state index in [2.05, 4.69) is 18.7 Å². The maximum absolute atomic E-state index is 9.81. The van der Waals surface area contributed by atoms with Gasteiger partial charge in [0.2, 0.25) is 0 Å². The molecule has 1 aliphatic heterocycles. The van der Waals surface area contributed by atoms with Gasteiger partial charge in [-0.3, -0.25) is 4.90 Å². The first-order valence-corrected chi connectivity index (χ1v) is 5.04. The van der Waals surface area contributed by atoms with Gasteiger partial charge in [0.1, 0.15) is 0 Å². The molecular formula is C10H22N2O. The summed E-state index contributed by atoms with van der Waals surface area (Å²) >= 11 is 0. The van der Waals surface area contributed by atoms with E-state index in [1.807, 2.05) is 20.8 Å². The van der Waals surface area contributed by atoms with Crippen LogP contribution in [0.15, 0.2) is 0 Å². The second-order valence-corrected chi connectivity index (χ2v) is 5.22. The van der Waals surface area contributed by atoms with Crippen LogP contribution in [0.3, 0.4) is 0 Å². The first-order valence-electron chi connectivity index (χ1n) is 5.04. The molecule has 0 aliphatic carbocycles. The second-order valence-electron chi connectivity index (χ2n) is 5.22. The van der Waals surface area contributed by atoms with Gasteiger partial charge < -0.3 is 5.21 Å². The maximum Gasteiger partial charge on any atom is 0.0610 e. The summed E-state index contributed by atoms with van der Waals surface area (Å²) in [6.45, 7) is 12.5. The van der Waals surface area contributed by atoms with E-state index < -0.39 is 0 Å². The van der Waals surface area contributed by atoms with Crippen LogP contribution in [-0.2, 0) is 0 Å². The minimum Gasteiger partial charge on any atom is -0.313 e. The molecular weight excluding hydrogens is 164 g/mol. The molecule has 0 saturated carbocycles. The number of hydrogen-bond acceptors (Lipinski definition) is 3. The van der Waals surface area contributed by atoms with Crippen LogP contribution < -0.4 is 0 Å². The van der Waals surface area contributed by atoms with Gasteiger partial charge in [0.15, 0.2) is 0 Å². The zero-order valence-corrected chi connectivity index (χ0v) is 9.41. The Kier molecular flexibility index (Phi) is 3.00. The zero-order chi connectivity index (χ0) is 10.2. The van der Waals surface area contributed by atoms with Crippen molar-refractivity contribution in [3.63, 3.8) is 0 Å². The number of nitrogens with zero attached hydrogens (tertiary/aromatic N) is 2. The molecule has 0 bridgehead atoms. The van der Waals surface area contributed by atoms with Crippen molar-refractivity contribution < 1.29 is 5.21 Å². The Bertz CT molecular complexity index is 168. The zero-order valence-electron chi connectivity index (χ0n) is 9.41. The molecule has 0 spiro atoms. The third-order valence-corrected chi connectivity index (χ3v) is 2.65. The van der Waals surface area contributed by atoms with Gasteiger partial charge in [-0.25, -0.2) is 0 Å². The van der Waals surface area contributed by atoms with E-state index in [0.717, 1.165) is 13.1 Å². The van der Waals surface area contributed by atoms with E-state index in [1.54, 1.807) is 0 Å². The molecule has 0 aromatic carbocycles. The van der Waals surface area contributed by atoms with Crippen molar-refractivity contribution in [2.75, 3.05) is 13.1 Å². The van der Waals surface area contributed by atoms with Gasteiger partial charge in [-0.15, -0.1) is 0 Å². The molecule has 0 atom stereocenters. The summed E-state index contributed by atoms with van der Waals surface area (Å²) in [7, 11) is 0. The molecule has 1 saturated heterocycles. The van der Waals surface area contributed by atoms with Crippen LogP contribution in [0.1, 0.15) is 34.6 Å². The lowest BCUT2D eigenvalue weighted by Crippen LogP contribution is -2.63. The lowest BCUT2D eigenvalue weighted by Gasteiger charge is -2.48. The van der Waals surface area contributed by atoms with E-state index in [-0.39, 0.29) is 5.54 Å². The molecule has 0 radical (unpaired) electrons. The Morgan fingerprint density at radius 1 is 1.31 bits per heavy atom. The lowest BCUT2D eigenvalue weighted by molar-refractivity contribution is -0.218. The van der Waals surface area contributed by atoms with Crippen molar-refractivity contribution in [2.45, 2.75) is 52.2 Å². The molecule has 3 nitrogen and oxygen atoms in total. The van der Waals surface area contributed by atoms with Crippen LogP contribution in [0, 0.1) is 0 Å². The van der Waals surface area contributed by atoms with E-state index in [9.17, 15) is 5.21 Å². The summed E-state index contributed by atoms with van der Waals surface area (Å²) in [4.78, 5) is 2.36. The Balaban J connectivity index is 2.35. The van der Waals surface area contributed by atoms with E-state index in [0.29, 0.717) is 12.1 Å². The topological polar surface area (TPSA) is 26.7 Å². The minimum absolute atomic E-state index is 0.131. The van der Waals surface area contributed by atoms with Crippen molar-refractivity contribution >= 4 is 0 Å². The predicted molar refractivity (Wildman–Crippen MR) is 53.9 cm³/mol. The van der Waals surface area contributed by atoms with Crippen molar-refractivity contribution in [3.8, 4) is 0 Å². The third-order valence-electron chi connectivity index (χ3n) is 2.65. The standard InChI is InChI=1S/C10H22N2O/c1-8(2)11-6-9(7-11)12(13)10(3,4)5/h8-9,13H,6-7H2,1-5H3. The van der Waals surface area contributed by atoms with Gasteiger partial charge >= 0.3 is 0 Å².